The third-order valence-corrected chi connectivity index (χ3v) is 5.80. The number of rotatable bonds is 10. The van der Waals surface area contributed by atoms with Gasteiger partial charge >= 0.3 is 5.69 Å². The second-order valence-corrected chi connectivity index (χ2v) is 8.38. The standard InChI is InChI=1S/C24H28N8O2/c1-2-3-4-10-31-21-20(28-23(26)29-21)22(33)32(24(31)34)11-6-9-19-14-27-30(16-19)15-18-8-5-7-17(12-18)13-25/h5,7-8,12,14,16H,2-4,6,9-11,15H2,1H3,(H3,26,28,29). The molecule has 0 saturated carbocycles. The predicted octanol–water partition coefficient (Wildman–Crippen LogP) is 2.41. The molecule has 3 heterocycles. The molecule has 34 heavy (non-hydrogen) atoms. The van der Waals surface area contributed by atoms with Crippen molar-refractivity contribution < 1.29 is 0 Å². The molecule has 0 fully saturated rings. The molecule has 0 unspecified atom stereocenters. The van der Waals surface area contributed by atoms with E-state index in [-0.39, 0.29) is 23.7 Å². The summed E-state index contributed by atoms with van der Waals surface area (Å²) in [5.41, 5.74) is 8.24. The predicted molar refractivity (Wildman–Crippen MR) is 129 cm³/mol. The number of aromatic amines is 1. The molecule has 176 valence electrons. The van der Waals surface area contributed by atoms with Gasteiger partial charge in [-0.2, -0.15) is 15.3 Å². The summed E-state index contributed by atoms with van der Waals surface area (Å²) in [6.07, 6.45) is 7.85. The van der Waals surface area contributed by atoms with Crippen molar-refractivity contribution in [2.45, 2.75) is 58.7 Å². The summed E-state index contributed by atoms with van der Waals surface area (Å²) in [5, 5.41) is 13.5. The number of anilines is 1. The van der Waals surface area contributed by atoms with Crippen molar-refractivity contribution in [3.8, 4) is 6.07 Å². The van der Waals surface area contributed by atoms with Gasteiger partial charge in [0.15, 0.2) is 17.1 Å². The van der Waals surface area contributed by atoms with Gasteiger partial charge in [0.2, 0.25) is 0 Å². The van der Waals surface area contributed by atoms with Crippen LogP contribution in [0.15, 0.2) is 46.2 Å². The van der Waals surface area contributed by atoms with Crippen molar-refractivity contribution in [3.63, 3.8) is 0 Å². The van der Waals surface area contributed by atoms with Gasteiger partial charge in [-0.3, -0.25) is 18.6 Å². The van der Waals surface area contributed by atoms with Gasteiger partial charge in [0, 0.05) is 19.3 Å². The van der Waals surface area contributed by atoms with E-state index in [1.165, 1.54) is 4.57 Å². The van der Waals surface area contributed by atoms with Gasteiger partial charge < -0.3 is 10.7 Å². The van der Waals surface area contributed by atoms with Crippen LogP contribution in [-0.4, -0.2) is 28.9 Å². The molecule has 0 bridgehead atoms. The number of nitrogens with two attached hydrogens (primary N) is 1. The number of nitrogens with zero attached hydrogens (tertiary/aromatic N) is 6. The van der Waals surface area contributed by atoms with E-state index in [1.807, 2.05) is 29.1 Å². The molecule has 1 aromatic carbocycles. The fraction of sp³-hybridized carbons (Fsp3) is 0.375. The number of fused-ring (bicyclic) bond motifs is 1. The van der Waals surface area contributed by atoms with Gasteiger partial charge in [0.05, 0.1) is 24.4 Å². The highest BCUT2D eigenvalue weighted by Crippen LogP contribution is 2.10. The lowest BCUT2D eigenvalue weighted by Crippen LogP contribution is -2.40. The molecule has 0 radical (unpaired) electrons. The highest BCUT2D eigenvalue weighted by Gasteiger charge is 2.16. The molecular weight excluding hydrogens is 432 g/mol. The quantitative estimate of drug-likeness (QED) is 0.348. The monoisotopic (exact) mass is 460 g/mol. The lowest BCUT2D eigenvalue weighted by Gasteiger charge is -2.11. The van der Waals surface area contributed by atoms with E-state index in [9.17, 15) is 9.59 Å². The largest absolute Gasteiger partial charge is 0.369 e. The van der Waals surface area contributed by atoms with Crippen molar-refractivity contribution in [2.75, 3.05) is 5.73 Å². The zero-order valence-corrected chi connectivity index (χ0v) is 19.2. The van der Waals surface area contributed by atoms with Crippen molar-refractivity contribution in [1.82, 2.24) is 28.9 Å². The Labute approximate surface area is 196 Å². The Bertz CT molecular complexity index is 1450. The normalized spacial score (nSPS) is 11.2. The van der Waals surface area contributed by atoms with E-state index in [2.05, 4.69) is 28.1 Å². The number of aryl methyl sites for hydroxylation is 2. The fourth-order valence-electron chi connectivity index (χ4n) is 4.09. The molecule has 3 aromatic heterocycles. The molecule has 0 atom stereocenters. The number of unbranched alkanes of at least 4 members (excludes halogenated alkanes) is 2. The Balaban J connectivity index is 1.47. The molecule has 0 aliphatic heterocycles. The summed E-state index contributed by atoms with van der Waals surface area (Å²) in [5.74, 6) is 0.126. The summed E-state index contributed by atoms with van der Waals surface area (Å²) in [7, 11) is 0. The summed E-state index contributed by atoms with van der Waals surface area (Å²) in [6, 6.07) is 9.57. The fourth-order valence-corrected chi connectivity index (χ4v) is 4.09. The van der Waals surface area contributed by atoms with Crippen LogP contribution in [0.3, 0.4) is 0 Å². The first-order valence-electron chi connectivity index (χ1n) is 11.5. The van der Waals surface area contributed by atoms with Gasteiger partial charge in [-0.05, 0) is 42.5 Å². The minimum Gasteiger partial charge on any atom is -0.369 e. The number of benzene rings is 1. The Morgan fingerprint density at radius 1 is 1.12 bits per heavy atom. The maximum absolute atomic E-state index is 13.1. The third kappa shape index (κ3) is 4.93. The van der Waals surface area contributed by atoms with Crippen LogP contribution in [0.1, 0.15) is 49.3 Å². The average molecular weight is 461 g/mol. The molecule has 0 amide bonds. The summed E-state index contributed by atoms with van der Waals surface area (Å²) >= 11 is 0. The van der Waals surface area contributed by atoms with Gasteiger partial charge in [-0.15, -0.1) is 0 Å². The maximum atomic E-state index is 13.1. The Morgan fingerprint density at radius 2 is 1.94 bits per heavy atom. The van der Waals surface area contributed by atoms with Crippen LogP contribution < -0.4 is 17.0 Å². The minimum atomic E-state index is -0.399. The number of nitrogen functional groups attached to an aromatic ring is 1. The number of hydrogen-bond acceptors (Lipinski definition) is 6. The number of nitriles is 1. The van der Waals surface area contributed by atoms with Crippen LogP contribution in [0.2, 0.25) is 0 Å². The SMILES string of the molecule is CCCCCn1c(=O)n(CCCc2cnn(Cc3cccc(C#N)c3)c2)c(=O)c2[nH]c(N)nc21. The van der Waals surface area contributed by atoms with E-state index in [0.717, 1.165) is 30.4 Å². The van der Waals surface area contributed by atoms with Gasteiger partial charge in [0.1, 0.15) is 0 Å². The smallest absolute Gasteiger partial charge is 0.332 e. The topological polar surface area (TPSA) is 140 Å². The lowest BCUT2D eigenvalue weighted by atomic mass is 10.1. The molecule has 0 aliphatic rings. The Morgan fingerprint density at radius 3 is 2.74 bits per heavy atom. The van der Waals surface area contributed by atoms with Crippen molar-refractivity contribution >= 4 is 17.1 Å². The highest BCUT2D eigenvalue weighted by molar-refractivity contribution is 5.72. The average Bonchev–Trinajstić information content (AvgIpc) is 3.44. The van der Waals surface area contributed by atoms with Crippen LogP contribution in [-0.2, 0) is 26.1 Å². The summed E-state index contributed by atoms with van der Waals surface area (Å²) < 4.78 is 4.63. The molecule has 0 aliphatic carbocycles. The first-order chi connectivity index (χ1) is 16.5. The number of aromatic nitrogens is 6. The van der Waals surface area contributed by atoms with E-state index in [1.54, 1.807) is 16.8 Å². The summed E-state index contributed by atoms with van der Waals surface area (Å²) in [4.78, 5) is 33.0. The second-order valence-electron chi connectivity index (χ2n) is 8.38. The maximum Gasteiger partial charge on any atom is 0.332 e. The van der Waals surface area contributed by atoms with Crippen molar-refractivity contribution in [1.29, 1.82) is 5.26 Å². The molecule has 4 rings (SSSR count). The van der Waals surface area contributed by atoms with Crippen molar-refractivity contribution in [2.24, 2.45) is 0 Å². The zero-order chi connectivity index (χ0) is 24.1. The third-order valence-electron chi connectivity index (χ3n) is 5.80. The van der Waals surface area contributed by atoms with Crippen molar-refractivity contribution in [3.05, 3.63) is 74.2 Å². The minimum absolute atomic E-state index is 0.126. The number of nitrogens with one attached hydrogen (secondary N) is 1. The van der Waals surface area contributed by atoms with Crippen LogP contribution in [0.25, 0.3) is 11.2 Å². The molecular formula is C24H28N8O2. The lowest BCUT2D eigenvalue weighted by molar-refractivity contribution is 0.526. The number of imidazole rings is 1. The van der Waals surface area contributed by atoms with Crippen LogP contribution in [0.5, 0.6) is 0 Å². The first-order valence-corrected chi connectivity index (χ1v) is 11.5. The second kappa shape index (κ2) is 10.2. The number of H-pyrrole nitrogens is 1. The zero-order valence-electron chi connectivity index (χ0n) is 19.2. The molecule has 4 aromatic rings. The summed E-state index contributed by atoms with van der Waals surface area (Å²) in [6.45, 7) is 3.44. The molecule has 0 saturated heterocycles. The Hall–Kier alpha value is -4.13. The van der Waals surface area contributed by atoms with Gasteiger partial charge in [-0.1, -0.05) is 31.9 Å². The van der Waals surface area contributed by atoms with Crippen LogP contribution in [0.4, 0.5) is 5.95 Å². The van der Waals surface area contributed by atoms with E-state index >= 15 is 0 Å². The highest BCUT2D eigenvalue weighted by atomic mass is 16.2. The van der Waals surface area contributed by atoms with Gasteiger partial charge in [0.25, 0.3) is 5.56 Å². The van der Waals surface area contributed by atoms with Crippen LogP contribution in [0, 0.1) is 11.3 Å². The molecule has 10 nitrogen and oxygen atoms in total. The first kappa shape index (κ1) is 23.0. The van der Waals surface area contributed by atoms with Gasteiger partial charge in [-0.25, -0.2) is 4.79 Å². The van der Waals surface area contributed by atoms with E-state index in [0.29, 0.717) is 37.1 Å². The number of hydrogen-bond donors (Lipinski definition) is 2. The van der Waals surface area contributed by atoms with Crippen LogP contribution >= 0.6 is 0 Å². The molecule has 0 spiro atoms. The van der Waals surface area contributed by atoms with E-state index < -0.39 is 5.56 Å². The molecule has 3 N–H and O–H groups in total. The van der Waals surface area contributed by atoms with E-state index in [4.69, 9.17) is 11.0 Å². The Kier molecular flexibility index (Phi) is 6.92. The molecule has 10 heteroatoms.